The van der Waals surface area contributed by atoms with Gasteiger partial charge in [-0.1, -0.05) is 11.8 Å². The number of hydrogen-bond acceptors (Lipinski definition) is 6. The summed E-state index contributed by atoms with van der Waals surface area (Å²) < 4.78 is 7.34. The molecule has 3 rings (SSSR count). The van der Waals surface area contributed by atoms with E-state index in [1.807, 2.05) is 19.2 Å². The van der Waals surface area contributed by atoms with Gasteiger partial charge >= 0.3 is 0 Å². The molecule has 1 saturated heterocycles. The van der Waals surface area contributed by atoms with Crippen molar-refractivity contribution in [3.8, 4) is 5.75 Å². The van der Waals surface area contributed by atoms with Gasteiger partial charge in [0.15, 0.2) is 5.16 Å². The third-order valence-corrected chi connectivity index (χ3v) is 4.96. The van der Waals surface area contributed by atoms with Crippen LogP contribution in [0.1, 0.15) is 30.3 Å². The summed E-state index contributed by atoms with van der Waals surface area (Å²) in [6.45, 7) is 2.10. The molecule has 3 heterocycles. The number of pyridine rings is 1. The highest BCUT2D eigenvalue weighted by atomic mass is 35.5. The maximum atomic E-state index is 5.22. The lowest BCUT2D eigenvalue weighted by Crippen LogP contribution is -2.29. The van der Waals surface area contributed by atoms with Gasteiger partial charge in [-0.2, -0.15) is 0 Å². The standard InChI is InChI=1S/C15H21N5OS.2ClH/c1-20-14(11-4-3-6-16-9-11)18-19-15(20)22-10-12-8-13(21-2)5-7-17-12;;/h5,7-8,11,16H,3-4,6,9-10H2,1-2H3;2*1H. The zero-order chi connectivity index (χ0) is 15.4. The minimum atomic E-state index is 0. The molecule has 0 aliphatic carbocycles. The van der Waals surface area contributed by atoms with E-state index in [9.17, 15) is 0 Å². The first-order chi connectivity index (χ1) is 10.8. The third kappa shape index (κ3) is 4.99. The van der Waals surface area contributed by atoms with Crippen molar-refractivity contribution in [3.63, 3.8) is 0 Å². The van der Waals surface area contributed by atoms with E-state index >= 15 is 0 Å². The lowest BCUT2D eigenvalue weighted by atomic mass is 9.99. The first-order valence-corrected chi connectivity index (χ1v) is 8.48. The number of rotatable bonds is 5. The quantitative estimate of drug-likeness (QED) is 0.790. The van der Waals surface area contributed by atoms with E-state index in [4.69, 9.17) is 4.74 Å². The second-order valence-electron chi connectivity index (χ2n) is 5.42. The average Bonchev–Trinajstić information content (AvgIpc) is 2.95. The molecule has 0 bridgehead atoms. The number of aromatic nitrogens is 4. The molecule has 1 N–H and O–H groups in total. The Labute approximate surface area is 159 Å². The molecule has 1 aliphatic heterocycles. The van der Waals surface area contributed by atoms with Crippen molar-refractivity contribution in [1.82, 2.24) is 25.1 Å². The van der Waals surface area contributed by atoms with E-state index in [1.54, 1.807) is 25.1 Å². The highest BCUT2D eigenvalue weighted by molar-refractivity contribution is 7.98. The summed E-state index contributed by atoms with van der Waals surface area (Å²) in [6, 6.07) is 3.81. The molecule has 2 aromatic rings. The number of piperidine rings is 1. The molecule has 0 amide bonds. The molecule has 24 heavy (non-hydrogen) atoms. The van der Waals surface area contributed by atoms with E-state index in [1.165, 1.54) is 12.8 Å². The molecule has 6 nitrogen and oxygen atoms in total. The number of methoxy groups -OCH3 is 1. The van der Waals surface area contributed by atoms with Crippen molar-refractivity contribution in [2.75, 3.05) is 20.2 Å². The van der Waals surface area contributed by atoms with E-state index in [-0.39, 0.29) is 24.8 Å². The Morgan fingerprint density at radius 2 is 2.21 bits per heavy atom. The largest absolute Gasteiger partial charge is 0.497 e. The van der Waals surface area contributed by atoms with E-state index in [0.717, 1.165) is 41.3 Å². The Bertz CT molecular complexity index is 634. The first-order valence-electron chi connectivity index (χ1n) is 7.49. The molecular formula is C15H23Cl2N5OS. The van der Waals surface area contributed by atoms with Crippen LogP contribution < -0.4 is 10.1 Å². The maximum absolute atomic E-state index is 5.22. The van der Waals surface area contributed by atoms with Gasteiger partial charge in [-0.05, 0) is 25.5 Å². The molecule has 0 aromatic carbocycles. The molecule has 1 fully saturated rings. The Morgan fingerprint density at radius 1 is 1.38 bits per heavy atom. The van der Waals surface area contributed by atoms with Crippen molar-refractivity contribution in [1.29, 1.82) is 0 Å². The minimum absolute atomic E-state index is 0. The normalized spacial score (nSPS) is 16.8. The number of halogens is 2. The van der Waals surface area contributed by atoms with Gasteiger partial charge in [-0.25, -0.2) is 0 Å². The first kappa shape index (κ1) is 21.0. The highest BCUT2D eigenvalue weighted by Gasteiger charge is 2.21. The van der Waals surface area contributed by atoms with Gasteiger partial charge in [-0.15, -0.1) is 35.0 Å². The topological polar surface area (TPSA) is 64.9 Å². The van der Waals surface area contributed by atoms with Crippen LogP contribution >= 0.6 is 36.6 Å². The van der Waals surface area contributed by atoms with Crippen LogP contribution in [0.3, 0.4) is 0 Å². The van der Waals surface area contributed by atoms with E-state index in [2.05, 4.69) is 25.1 Å². The molecule has 2 aromatic heterocycles. The number of nitrogens with zero attached hydrogens (tertiary/aromatic N) is 4. The van der Waals surface area contributed by atoms with Gasteiger partial charge in [0.2, 0.25) is 0 Å². The van der Waals surface area contributed by atoms with Crippen molar-refractivity contribution in [2.24, 2.45) is 7.05 Å². The van der Waals surface area contributed by atoms with Crippen molar-refractivity contribution < 1.29 is 4.74 Å². The summed E-state index contributed by atoms with van der Waals surface area (Å²) >= 11 is 1.66. The Hall–Kier alpha value is -1.02. The van der Waals surface area contributed by atoms with Crippen LogP contribution in [0.15, 0.2) is 23.5 Å². The number of hydrogen-bond donors (Lipinski definition) is 1. The highest BCUT2D eigenvalue weighted by Crippen LogP contribution is 2.26. The summed E-state index contributed by atoms with van der Waals surface area (Å²) in [5, 5.41) is 13.1. The van der Waals surface area contributed by atoms with Crippen molar-refractivity contribution in [3.05, 3.63) is 29.8 Å². The Kier molecular flexibility index (Phi) is 8.83. The summed E-state index contributed by atoms with van der Waals surface area (Å²) in [5.74, 6) is 3.13. The zero-order valence-electron chi connectivity index (χ0n) is 13.8. The SMILES string of the molecule is COc1ccnc(CSc2nnc(C3CCCNC3)n2C)c1.Cl.Cl. The van der Waals surface area contributed by atoms with Crippen LogP contribution in [0.2, 0.25) is 0 Å². The van der Waals surface area contributed by atoms with Gasteiger partial charge in [0.05, 0.1) is 12.8 Å². The molecule has 0 spiro atoms. The smallest absolute Gasteiger partial charge is 0.191 e. The van der Waals surface area contributed by atoms with Crippen LogP contribution in [0.4, 0.5) is 0 Å². The predicted octanol–water partition coefficient (Wildman–Crippen LogP) is 2.82. The zero-order valence-corrected chi connectivity index (χ0v) is 16.2. The van der Waals surface area contributed by atoms with Crippen molar-refractivity contribution in [2.45, 2.75) is 29.7 Å². The molecule has 1 atom stereocenters. The monoisotopic (exact) mass is 391 g/mol. The Morgan fingerprint density at radius 3 is 2.92 bits per heavy atom. The van der Waals surface area contributed by atoms with Crippen LogP contribution in [-0.2, 0) is 12.8 Å². The van der Waals surface area contributed by atoms with Gasteiger partial charge in [-0.3, -0.25) is 4.98 Å². The van der Waals surface area contributed by atoms with Gasteiger partial charge in [0.25, 0.3) is 0 Å². The van der Waals surface area contributed by atoms with Crippen LogP contribution in [0, 0.1) is 0 Å². The number of ether oxygens (including phenoxy) is 1. The van der Waals surface area contributed by atoms with Crippen LogP contribution in [-0.4, -0.2) is 39.9 Å². The van der Waals surface area contributed by atoms with E-state index in [0.29, 0.717) is 5.92 Å². The maximum Gasteiger partial charge on any atom is 0.191 e. The lowest BCUT2D eigenvalue weighted by molar-refractivity contribution is 0.413. The summed E-state index contributed by atoms with van der Waals surface area (Å²) in [4.78, 5) is 4.36. The summed E-state index contributed by atoms with van der Waals surface area (Å²) in [5.41, 5.74) is 0.980. The average molecular weight is 392 g/mol. The summed E-state index contributed by atoms with van der Waals surface area (Å²) in [6.07, 6.45) is 4.15. The predicted molar refractivity (Wildman–Crippen MR) is 101 cm³/mol. The molecule has 134 valence electrons. The van der Waals surface area contributed by atoms with Gasteiger partial charge in [0.1, 0.15) is 11.6 Å². The van der Waals surface area contributed by atoms with Crippen molar-refractivity contribution >= 4 is 36.6 Å². The number of nitrogens with one attached hydrogen (secondary N) is 1. The second-order valence-corrected chi connectivity index (χ2v) is 6.36. The minimum Gasteiger partial charge on any atom is -0.497 e. The fourth-order valence-corrected chi connectivity index (χ4v) is 3.50. The molecule has 9 heteroatoms. The third-order valence-electron chi connectivity index (χ3n) is 3.90. The van der Waals surface area contributed by atoms with Gasteiger partial charge < -0.3 is 14.6 Å². The van der Waals surface area contributed by atoms with Crippen LogP contribution in [0.25, 0.3) is 0 Å². The fourth-order valence-electron chi connectivity index (χ4n) is 2.68. The molecular weight excluding hydrogens is 369 g/mol. The molecule has 1 aliphatic rings. The lowest BCUT2D eigenvalue weighted by Gasteiger charge is -2.21. The second kappa shape index (κ2) is 10.1. The molecule has 0 saturated carbocycles. The number of thioether (sulfide) groups is 1. The fraction of sp³-hybridized carbons (Fsp3) is 0.533. The Balaban J connectivity index is 0.00000144. The summed E-state index contributed by atoms with van der Waals surface area (Å²) in [7, 11) is 3.71. The molecule has 0 radical (unpaired) electrons. The van der Waals surface area contributed by atoms with Crippen LogP contribution in [0.5, 0.6) is 5.75 Å². The molecule has 1 unspecified atom stereocenters. The van der Waals surface area contributed by atoms with Gasteiger partial charge in [0, 0.05) is 37.5 Å². The van der Waals surface area contributed by atoms with E-state index < -0.39 is 0 Å².